The van der Waals surface area contributed by atoms with Crippen molar-refractivity contribution in [1.82, 2.24) is 0 Å². The lowest BCUT2D eigenvalue weighted by molar-refractivity contribution is 0.660. The second kappa shape index (κ2) is 12.2. The summed E-state index contributed by atoms with van der Waals surface area (Å²) in [6.45, 7) is 4.72. The van der Waals surface area contributed by atoms with Gasteiger partial charge in [0.1, 0.15) is 0 Å². The van der Waals surface area contributed by atoms with Gasteiger partial charge in [0.05, 0.1) is 0 Å². The Labute approximate surface area is 350 Å². The first-order chi connectivity index (χ1) is 29.0. The maximum absolute atomic E-state index is 2.45. The fourth-order valence-electron chi connectivity index (χ4n) is 10.6. The molecule has 1 aliphatic rings. The van der Waals surface area contributed by atoms with Crippen LogP contribution in [0.1, 0.15) is 25.0 Å². The summed E-state index contributed by atoms with van der Waals surface area (Å²) in [4.78, 5) is 0. The van der Waals surface area contributed by atoms with E-state index in [4.69, 9.17) is 0 Å². The van der Waals surface area contributed by atoms with E-state index in [0.717, 1.165) is 0 Å². The molecule has 276 valence electrons. The van der Waals surface area contributed by atoms with Crippen molar-refractivity contribution in [3.05, 3.63) is 193 Å². The van der Waals surface area contributed by atoms with Gasteiger partial charge < -0.3 is 0 Å². The van der Waals surface area contributed by atoms with Crippen LogP contribution in [0.3, 0.4) is 0 Å². The van der Waals surface area contributed by atoms with E-state index in [2.05, 4.69) is 196 Å². The third-order valence-corrected chi connectivity index (χ3v) is 15.6. The summed E-state index contributed by atoms with van der Waals surface area (Å²) in [5, 5.41) is 13.2. The molecule has 59 heavy (non-hydrogen) atoms. The van der Waals surface area contributed by atoms with Gasteiger partial charge in [0.15, 0.2) is 0 Å². The van der Waals surface area contributed by atoms with Crippen LogP contribution in [-0.2, 0) is 5.41 Å². The zero-order chi connectivity index (χ0) is 39.0. The van der Waals surface area contributed by atoms with Crippen molar-refractivity contribution in [3.8, 4) is 44.5 Å². The van der Waals surface area contributed by atoms with Gasteiger partial charge in [-0.25, -0.2) is 0 Å². The highest BCUT2D eigenvalue weighted by Crippen LogP contribution is 2.52. The van der Waals surface area contributed by atoms with Crippen LogP contribution < -0.4 is 0 Å². The van der Waals surface area contributed by atoms with Gasteiger partial charge in [0.25, 0.3) is 0 Å². The van der Waals surface area contributed by atoms with E-state index in [1.165, 1.54) is 128 Å². The van der Waals surface area contributed by atoms with Gasteiger partial charge >= 0.3 is 0 Å². The zero-order valence-electron chi connectivity index (χ0n) is 32.6. The lowest BCUT2D eigenvalue weighted by atomic mass is 9.81. The smallest absolute Gasteiger partial charge is 0.0448 e. The van der Waals surface area contributed by atoms with Crippen LogP contribution in [0.25, 0.3) is 117 Å². The van der Waals surface area contributed by atoms with Crippen molar-refractivity contribution in [1.29, 1.82) is 0 Å². The van der Waals surface area contributed by atoms with Gasteiger partial charge in [-0.3, -0.25) is 0 Å². The van der Waals surface area contributed by atoms with Crippen LogP contribution in [0.5, 0.6) is 0 Å². The maximum Gasteiger partial charge on any atom is 0.0448 e. The predicted octanol–water partition coefficient (Wildman–Crippen LogP) is 17.2. The molecule has 0 spiro atoms. The highest BCUT2D eigenvalue weighted by molar-refractivity contribution is 7.30. The van der Waals surface area contributed by atoms with Crippen LogP contribution in [0.4, 0.5) is 0 Å². The molecule has 0 N–H and O–H groups in total. The Morgan fingerprint density at radius 1 is 0.322 bits per heavy atom. The van der Waals surface area contributed by atoms with Gasteiger partial charge in [-0.05, 0) is 112 Å². The molecule has 0 unspecified atom stereocenters. The Bertz CT molecular complexity index is 3690. The van der Waals surface area contributed by atoms with E-state index in [-0.39, 0.29) is 5.41 Å². The van der Waals surface area contributed by atoms with Crippen LogP contribution in [0.15, 0.2) is 182 Å². The van der Waals surface area contributed by atoms with E-state index in [0.29, 0.717) is 0 Å². The van der Waals surface area contributed by atoms with Crippen molar-refractivity contribution in [2.75, 3.05) is 0 Å². The normalized spacial score (nSPS) is 13.4. The quantitative estimate of drug-likeness (QED) is 0.157. The molecular weight excluding hydrogens is 749 g/mol. The molecule has 2 aromatic heterocycles. The number of hydrogen-bond donors (Lipinski definition) is 0. The van der Waals surface area contributed by atoms with E-state index < -0.39 is 0 Å². The third-order valence-electron chi connectivity index (χ3n) is 13.3. The van der Waals surface area contributed by atoms with E-state index >= 15 is 0 Å². The average molecular weight is 785 g/mol. The topological polar surface area (TPSA) is 0 Å². The summed E-state index contributed by atoms with van der Waals surface area (Å²) in [6, 6.07) is 68.6. The summed E-state index contributed by atoms with van der Waals surface area (Å²) in [5.41, 5.74) is 13.1. The largest absolute Gasteiger partial charge is 0.135 e. The summed E-state index contributed by atoms with van der Waals surface area (Å²) < 4.78 is 5.44. The first-order valence-electron chi connectivity index (χ1n) is 20.5. The lowest BCUT2D eigenvalue weighted by Crippen LogP contribution is -2.14. The Morgan fingerprint density at radius 3 is 1.61 bits per heavy atom. The molecule has 0 amide bonds. The van der Waals surface area contributed by atoms with E-state index in [1.54, 1.807) is 0 Å². The summed E-state index contributed by atoms with van der Waals surface area (Å²) in [6.07, 6.45) is 0. The molecule has 2 heteroatoms. The number of rotatable bonds is 3. The Hall–Kier alpha value is -6.58. The van der Waals surface area contributed by atoms with Crippen molar-refractivity contribution < 1.29 is 0 Å². The molecule has 13 rings (SSSR count). The molecule has 0 radical (unpaired) electrons. The third kappa shape index (κ3) is 4.65. The molecule has 0 atom stereocenters. The molecule has 0 bridgehead atoms. The fraction of sp³-hybridized carbons (Fsp3) is 0.0526. The molecule has 1 aliphatic carbocycles. The summed E-state index contributed by atoms with van der Waals surface area (Å²) in [5.74, 6) is 0. The molecule has 2 heterocycles. The average Bonchev–Trinajstić information content (AvgIpc) is 3.93. The molecule has 0 fully saturated rings. The number of benzene rings is 10. The fourth-order valence-corrected chi connectivity index (χ4v) is 13.1. The Morgan fingerprint density at radius 2 is 0.881 bits per heavy atom. The highest BCUT2D eigenvalue weighted by atomic mass is 32.1. The zero-order valence-corrected chi connectivity index (χ0v) is 34.3. The van der Waals surface area contributed by atoms with Crippen LogP contribution in [0.2, 0.25) is 0 Å². The van der Waals surface area contributed by atoms with Gasteiger partial charge in [-0.15, -0.1) is 22.7 Å². The van der Waals surface area contributed by atoms with E-state index in [1.807, 2.05) is 22.7 Å². The summed E-state index contributed by atoms with van der Waals surface area (Å²) in [7, 11) is 0. The first-order valence-corrected chi connectivity index (χ1v) is 22.1. The van der Waals surface area contributed by atoms with Crippen LogP contribution in [-0.4, -0.2) is 0 Å². The second-order valence-corrected chi connectivity index (χ2v) is 18.8. The maximum atomic E-state index is 2.45. The van der Waals surface area contributed by atoms with Crippen LogP contribution in [0, 0.1) is 0 Å². The Kier molecular flexibility index (Phi) is 6.92. The van der Waals surface area contributed by atoms with E-state index in [9.17, 15) is 0 Å². The summed E-state index contributed by atoms with van der Waals surface area (Å²) >= 11 is 3.85. The molecular formula is C57H36S2. The highest BCUT2D eigenvalue weighted by Gasteiger charge is 2.35. The van der Waals surface area contributed by atoms with Crippen molar-refractivity contribution in [3.63, 3.8) is 0 Å². The molecule has 10 aromatic carbocycles. The predicted molar refractivity (Wildman–Crippen MR) is 259 cm³/mol. The van der Waals surface area contributed by atoms with Gasteiger partial charge in [0, 0.05) is 45.8 Å². The first kappa shape index (κ1) is 33.4. The number of fused-ring (bicyclic) bond motifs is 14. The SMILES string of the molecule is CC1(C)c2ccccc2-c2cc(-c3c4ccccc4c(-c4ccc(-c5cc6sc7ccc8c9ccccc9sc8c7c6c6ccccc56)cc4)c4ccccc34)ccc21. The standard InChI is InChI=1S/C57H36S2/c1-57(2)47-21-11-9-14-37(47)46-31-35(27-29-48(46)57)53-42-19-7-5-17-40(42)52(41-18-6-8-20-43(41)53)34-25-23-33(24-26-34)45-32-51-54(39-16-4-3-13-36(39)45)55-50(58-51)30-28-44-38-15-10-12-22-49(38)59-56(44)55/h3-32H,1-2H3. The molecule has 0 saturated carbocycles. The second-order valence-electron chi connectivity index (χ2n) is 16.7. The van der Waals surface area contributed by atoms with Crippen molar-refractivity contribution in [2.24, 2.45) is 0 Å². The van der Waals surface area contributed by atoms with Crippen molar-refractivity contribution in [2.45, 2.75) is 19.3 Å². The molecule has 0 saturated heterocycles. The van der Waals surface area contributed by atoms with Crippen molar-refractivity contribution >= 4 is 95.3 Å². The number of hydrogen-bond acceptors (Lipinski definition) is 2. The minimum atomic E-state index is -0.0209. The van der Waals surface area contributed by atoms with Crippen LogP contribution >= 0.6 is 22.7 Å². The van der Waals surface area contributed by atoms with Gasteiger partial charge in [-0.1, -0.05) is 172 Å². The minimum absolute atomic E-state index is 0.0209. The van der Waals surface area contributed by atoms with Gasteiger partial charge in [-0.2, -0.15) is 0 Å². The molecule has 12 aromatic rings. The number of thiophene rings is 2. The van der Waals surface area contributed by atoms with Gasteiger partial charge in [0.2, 0.25) is 0 Å². The Balaban J connectivity index is 0.984. The molecule has 0 aliphatic heterocycles. The monoisotopic (exact) mass is 784 g/mol. The lowest BCUT2D eigenvalue weighted by Gasteiger charge is -2.22. The molecule has 0 nitrogen and oxygen atoms in total. The minimum Gasteiger partial charge on any atom is -0.135 e.